The van der Waals surface area contributed by atoms with E-state index in [1.165, 1.54) is 69.9 Å². The average Bonchev–Trinajstić information content (AvgIpc) is 2.67. The van der Waals surface area contributed by atoms with Gasteiger partial charge < -0.3 is 0 Å². The molecule has 88 valence electrons. The quantitative estimate of drug-likeness (QED) is 0.511. The van der Waals surface area contributed by atoms with Crippen LogP contribution in [0.5, 0.6) is 0 Å². The maximum Gasteiger partial charge on any atom is 0.0502 e. The largest absolute Gasteiger partial charge is 0.291 e. The third-order valence-corrected chi connectivity index (χ3v) is 3.34. The van der Waals surface area contributed by atoms with Gasteiger partial charge in [-0.3, -0.25) is 4.99 Å². The van der Waals surface area contributed by atoms with Crippen molar-refractivity contribution in [2.75, 3.05) is 0 Å². The highest BCUT2D eigenvalue weighted by Gasteiger charge is 2.15. The van der Waals surface area contributed by atoms with Crippen LogP contribution in [0, 0.1) is 0 Å². The lowest BCUT2D eigenvalue weighted by Gasteiger charge is -2.04. The van der Waals surface area contributed by atoms with Crippen LogP contribution in [0.15, 0.2) is 4.99 Å². The van der Waals surface area contributed by atoms with Gasteiger partial charge in [0.1, 0.15) is 0 Å². The summed E-state index contributed by atoms with van der Waals surface area (Å²) in [6, 6.07) is 0.688. The minimum Gasteiger partial charge on any atom is -0.291 e. The zero-order valence-electron chi connectivity index (χ0n) is 10.6. The van der Waals surface area contributed by atoms with Crippen molar-refractivity contribution in [1.82, 2.24) is 0 Å². The van der Waals surface area contributed by atoms with E-state index >= 15 is 0 Å². The van der Waals surface area contributed by atoms with Crippen molar-refractivity contribution < 1.29 is 0 Å². The number of rotatable bonds is 8. The normalized spacial score (nSPS) is 20.7. The molecule has 0 aromatic rings. The Morgan fingerprint density at radius 1 is 1.07 bits per heavy atom. The molecule has 0 N–H and O–H groups in total. The van der Waals surface area contributed by atoms with E-state index in [0.29, 0.717) is 6.04 Å². The van der Waals surface area contributed by atoms with Gasteiger partial charge in [0.2, 0.25) is 0 Å². The molecular formula is C14H27N. The van der Waals surface area contributed by atoms with Gasteiger partial charge >= 0.3 is 0 Å². The van der Waals surface area contributed by atoms with Crippen LogP contribution >= 0.6 is 0 Å². The summed E-state index contributed by atoms with van der Waals surface area (Å²) in [5.74, 6) is 0. The van der Waals surface area contributed by atoms with Crippen molar-refractivity contribution in [3.8, 4) is 0 Å². The highest BCUT2D eigenvalue weighted by Crippen LogP contribution is 2.21. The van der Waals surface area contributed by atoms with Crippen molar-refractivity contribution >= 4 is 5.71 Å². The predicted octanol–water partition coefficient (Wildman–Crippen LogP) is 4.75. The van der Waals surface area contributed by atoms with Gasteiger partial charge in [0.05, 0.1) is 6.04 Å². The van der Waals surface area contributed by atoms with E-state index < -0.39 is 0 Å². The molecule has 0 aromatic heterocycles. The summed E-state index contributed by atoms with van der Waals surface area (Å²) in [5, 5.41) is 0. The summed E-state index contributed by atoms with van der Waals surface area (Å²) < 4.78 is 0. The van der Waals surface area contributed by atoms with Gasteiger partial charge in [0.15, 0.2) is 0 Å². The minimum absolute atomic E-state index is 0.688. The molecule has 1 atom stereocenters. The lowest BCUT2D eigenvalue weighted by Crippen LogP contribution is -1.98. The second-order valence-corrected chi connectivity index (χ2v) is 4.84. The lowest BCUT2D eigenvalue weighted by atomic mass is 10.1. The van der Waals surface area contributed by atoms with E-state index in [2.05, 4.69) is 13.8 Å². The molecule has 0 aliphatic carbocycles. The Morgan fingerprint density at radius 3 is 2.53 bits per heavy atom. The van der Waals surface area contributed by atoms with Gasteiger partial charge in [0, 0.05) is 5.71 Å². The Morgan fingerprint density at radius 2 is 1.80 bits per heavy atom. The van der Waals surface area contributed by atoms with Crippen molar-refractivity contribution in [2.24, 2.45) is 4.99 Å². The summed E-state index contributed by atoms with van der Waals surface area (Å²) in [5.41, 5.74) is 1.52. The Kier molecular flexibility index (Phi) is 6.71. The molecule has 0 amide bonds. The molecule has 1 heteroatoms. The van der Waals surface area contributed by atoms with Crippen LogP contribution in [0.4, 0.5) is 0 Å². The Hall–Kier alpha value is -0.330. The van der Waals surface area contributed by atoms with Crippen LogP contribution in [-0.2, 0) is 0 Å². The van der Waals surface area contributed by atoms with E-state index in [1.807, 2.05) is 0 Å². The highest BCUT2D eigenvalue weighted by atomic mass is 14.8. The van der Waals surface area contributed by atoms with Crippen LogP contribution < -0.4 is 0 Å². The summed E-state index contributed by atoms with van der Waals surface area (Å²) in [6.45, 7) is 4.54. The summed E-state index contributed by atoms with van der Waals surface area (Å²) in [7, 11) is 0. The second-order valence-electron chi connectivity index (χ2n) is 4.84. The molecule has 0 saturated carbocycles. The average molecular weight is 209 g/mol. The minimum atomic E-state index is 0.688. The first kappa shape index (κ1) is 12.7. The third kappa shape index (κ3) is 5.34. The topological polar surface area (TPSA) is 12.4 Å². The Bertz CT molecular complexity index is 184. The molecule has 1 heterocycles. The summed E-state index contributed by atoms with van der Waals surface area (Å²) >= 11 is 0. The second kappa shape index (κ2) is 7.90. The molecular weight excluding hydrogens is 182 g/mol. The molecule has 0 radical (unpaired) electrons. The molecule has 15 heavy (non-hydrogen) atoms. The van der Waals surface area contributed by atoms with Crippen molar-refractivity contribution in [3.63, 3.8) is 0 Å². The molecule has 1 nitrogen and oxygen atoms in total. The van der Waals surface area contributed by atoms with Crippen LogP contribution in [-0.4, -0.2) is 11.8 Å². The maximum atomic E-state index is 4.85. The fourth-order valence-corrected chi connectivity index (χ4v) is 2.33. The first-order chi connectivity index (χ1) is 7.36. The van der Waals surface area contributed by atoms with Gasteiger partial charge in [-0.15, -0.1) is 0 Å². The van der Waals surface area contributed by atoms with Gasteiger partial charge in [-0.1, -0.05) is 46.0 Å². The molecule has 1 aliphatic heterocycles. The molecule has 1 unspecified atom stereocenters. The van der Waals surface area contributed by atoms with Gasteiger partial charge in [-0.2, -0.15) is 0 Å². The number of nitrogens with zero attached hydrogens (tertiary/aromatic N) is 1. The van der Waals surface area contributed by atoms with Crippen LogP contribution in [0.3, 0.4) is 0 Å². The SMILES string of the molecule is CCCCCC1=NC(CCCCC)CC1. The van der Waals surface area contributed by atoms with E-state index in [4.69, 9.17) is 4.99 Å². The molecule has 0 spiro atoms. The first-order valence-corrected chi connectivity index (χ1v) is 6.92. The fourth-order valence-electron chi connectivity index (χ4n) is 2.33. The van der Waals surface area contributed by atoms with E-state index in [1.54, 1.807) is 0 Å². The lowest BCUT2D eigenvalue weighted by molar-refractivity contribution is 0.560. The zero-order chi connectivity index (χ0) is 10.9. The number of hydrogen-bond acceptors (Lipinski definition) is 1. The molecule has 1 rings (SSSR count). The van der Waals surface area contributed by atoms with E-state index in [9.17, 15) is 0 Å². The molecule has 0 saturated heterocycles. The molecule has 0 aromatic carbocycles. The Balaban J connectivity index is 2.10. The van der Waals surface area contributed by atoms with Crippen molar-refractivity contribution in [1.29, 1.82) is 0 Å². The number of unbranched alkanes of at least 4 members (excludes halogenated alkanes) is 4. The smallest absolute Gasteiger partial charge is 0.0502 e. The standard InChI is InChI=1S/C14H27N/c1-3-5-7-9-13-11-12-14(15-13)10-8-6-4-2/h13H,3-12H2,1-2H3. The maximum absolute atomic E-state index is 4.85. The Labute approximate surface area is 95.4 Å². The number of aliphatic imine (C=N–C) groups is 1. The predicted molar refractivity (Wildman–Crippen MR) is 68.7 cm³/mol. The van der Waals surface area contributed by atoms with Crippen LogP contribution in [0.1, 0.15) is 78.1 Å². The zero-order valence-corrected chi connectivity index (χ0v) is 10.6. The first-order valence-electron chi connectivity index (χ1n) is 6.92. The van der Waals surface area contributed by atoms with Crippen LogP contribution in [0.2, 0.25) is 0 Å². The highest BCUT2D eigenvalue weighted by molar-refractivity contribution is 5.86. The van der Waals surface area contributed by atoms with Gasteiger partial charge in [0.25, 0.3) is 0 Å². The fraction of sp³-hybridized carbons (Fsp3) is 0.929. The molecule has 0 bridgehead atoms. The monoisotopic (exact) mass is 209 g/mol. The van der Waals surface area contributed by atoms with E-state index in [0.717, 1.165) is 0 Å². The third-order valence-electron chi connectivity index (χ3n) is 3.34. The molecule has 0 fully saturated rings. The summed E-state index contributed by atoms with van der Waals surface area (Å²) in [4.78, 5) is 4.85. The van der Waals surface area contributed by atoms with Gasteiger partial charge in [-0.05, 0) is 32.1 Å². The summed E-state index contributed by atoms with van der Waals surface area (Å²) in [6.07, 6.45) is 13.4. The van der Waals surface area contributed by atoms with Crippen molar-refractivity contribution in [3.05, 3.63) is 0 Å². The molecule has 1 aliphatic rings. The van der Waals surface area contributed by atoms with Crippen LogP contribution in [0.25, 0.3) is 0 Å². The van der Waals surface area contributed by atoms with E-state index in [-0.39, 0.29) is 0 Å². The van der Waals surface area contributed by atoms with Gasteiger partial charge in [-0.25, -0.2) is 0 Å². The number of hydrogen-bond donors (Lipinski definition) is 0. The van der Waals surface area contributed by atoms with Crippen molar-refractivity contribution in [2.45, 2.75) is 84.1 Å².